The van der Waals surface area contributed by atoms with Gasteiger partial charge in [0.05, 0.1) is 12.7 Å². The van der Waals surface area contributed by atoms with Gasteiger partial charge in [-0.05, 0) is 19.8 Å². The summed E-state index contributed by atoms with van der Waals surface area (Å²) in [5.41, 5.74) is 0. The van der Waals surface area contributed by atoms with Crippen molar-refractivity contribution < 1.29 is 14.3 Å². The number of methoxy groups -OCH3 is 1. The third-order valence-corrected chi connectivity index (χ3v) is 3.07. The average molecular weight is 229 g/mol. The molecule has 1 aliphatic rings. The maximum atomic E-state index is 11.8. The Kier molecular flexibility index (Phi) is 5.77. The Balaban J connectivity index is 2.53. The molecule has 94 valence electrons. The van der Waals surface area contributed by atoms with E-state index in [0.29, 0.717) is 6.61 Å². The fraction of sp³-hybridized carbons (Fsp3) is 0.917. The van der Waals surface area contributed by atoms with E-state index in [9.17, 15) is 4.79 Å². The van der Waals surface area contributed by atoms with Gasteiger partial charge in [0, 0.05) is 20.2 Å². The summed E-state index contributed by atoms with van der Waals surface area (Å²) < 4.78 is 10.4. The molecular formula is C12H23NO3. The van der Waals surface area contributed by atoms with Crippen LogP contribution in [0.15, 0.2) is 0 Å². The molecule has 2 atom stereocenters. The second kappa shape index (κ2) is 6.86. The lowest BCUT2D eigenvalue weighted by molar-refractivity contribution is -0.149. The summed E-state index contributed by atoms with van der Waals surface area (Å²) >= 11 is 0. The largest absolute Gasteiger partial charge is 0.465 e. The minimum atomic E-state index is -0.0823. The predicted octanol–water partition coefficient (Wildman–Crippen LogP) is 1.44. The van der Waals surface area contributed by atoms with Gasteiger partial charge in [-0.1, -0.05) is 13.3 Å². The Labute approximate surface area is 97.9 Å². The van der Waals surface area contributed by atoms with E-state index in [2.05, 4.69) is 11.8 Å². The lowest BCUT2D eigenvalue weighted by atomic mass is 10.1. The number of carbonyl (C=O) groups is 1. The van der Waals surface area contributed by atoms with Crippen LogP contribution in [0.25, 0.3) is 0 Å². The monoisotopic (exact) mass is 229 g/mol. The molecule has 0 radical (unpaired) electrons. The van der Waals surface area contributed by atoms with E-state index in [1.54, 1.807) is 7.11 Å². The molecule has 1 heterocycles. The highest BCUT2D eigenvalue weighted by molar-refractivity contribution is 5.75. The van der Waals surface area contributed by atoms with Crippen molar-refractivity contribution in [2.45, 2.75) is 45.3 Å². The Morgan fingerprint density at radius 2 is 2.25 bits per heavy atom. The first-order valence-electron chi connectivity index (χ1n) is 6.16. The van der Waals surface area contributed by atoms with Crippen LogP contribution < -0.4 is 0 Å². The highest BCUT2D eigenvalue weighted by atomic mass is 16.5. The molecule has 0 N–H and O–H groups in total. The number of carbonyl (C=O) groups excluding carboxylic acids is 1. The third kappa shape index (κ3) is 3.46. The summed E-state index contributed by atoms with van der Waals surface area (Å²) in [4.78, 5) is 14.0. The van der Waals surface area contributed by atoms with Gasteiger partial charge >= 0.3 is 5.97 Å². The molecule has 4 nitrogen and oxygen atoms in total. The molecule has 0 aliphatic carbocycles. The molecular weight excluding hydrogens is 206 g/mol. The number of hydrogen-bond acceptors (Lipinski definition) is 4. The van der Waals surface area contributed by atoms with Crippen LogP contribution in [-0.2, 0) is 14.3 Å². The van der Waals surface area contributed by atoms with Crippen LogP contribution in [0.1, 0.15) is 33.1 Å². The molecule has 1 aliphatic heterocycles. The van der Waals surface area contributed by atoms with E-state index in [1.165, 1.54) is 0 Å². The van der Waals surface area contributed by atoms with Crippen LogP contribution >= 0.6 is 0 Å². The summed E-state index contributed by atoms with van der Waals surface area (Å²) in [6, 6.07) is -0.0786. The lowest BCUT2D eigenvalue weighted by Crippen LogP contribution is -2.41. The maximum absolute atomic E-state index is 11.8. The topological polar surface area (TPSA) is 38.8 Å². The van der Waals surface area contributed by atoms with Gasteiger partial charge in [0.2, 0.25) is 0 Å². The van der Waals surface area contributed by atoms with Crippen molar-refractivity contribution in [1.82, 2.24) is 4.90 Å². The van der Waals surface area contributed by atoms with Gasteiger partial charge in [-0.15, -0.1) is 0 Å². The van der Waals surface area contributed by atoms with E-state index in [1.807, 2.05) is 6.92 Å². The van der Waals surface area contributed by atoms with Gasteiger partial charge in [-0.3, -0.25) is 9.69 Å². The van der Waals surface area contributed by atoms with Crippen LogP contribution in [0.3, 0.4) is 0 Å². The molecule has 0 aromatic carbocycles. The normalized spacial score (nSPS) is 23.3. The second-order valence-electron chi connectivity index (χ2n) is 4.20. The number of ether oxygens (including phenoxy) is 2. The molecule has 0 aromatic rings. The molecule has 0 saturated carbocycles. The first kappa shape index (κ1) is 13.5. The van der Waals surface area contributed by atoms with Crippen molar-refractivity contribution in [1.29, 1.82) is 0 Å². The van der Waals surface area contributed by atoms with Crippen molar-refractivity contribution in [2.24, 2.45) is 0 Å². The standard InChI is InChI=1S/C12H23NO3/c1-4-6-11(12(14)16-5-2)13-8-7-10(9-13)15-3/h10-11H,4-9H2,1-3H3. The number of rotatable bonds is 6. The number of hydrogen-bond donors (Lipinski definition) is 0. The van der Waals surface area contributed by atoms with Crippen molar-refractivity contribution in [3.05, 3.63) is 0 Å². The van der Waals surface area contributed by atoms with E-state index in [0.717, 1.165) is 32.4 Å². The van der Waals surface area contributed by atoms with Gasteiger partial charge in [0.25, 0.3) is 0 Å². The van der Waals surface area contributed by atoms with Gasteiger partial charge < -0.3 is 9.47 Å². The van der Waals surface area contributed by atoms with E-state index < -0.39 is 0 Å². The zero-order chi connectivity index (χ0) is 12.0. The van der Waals surface area contributed by atoms with E-state index >= 15 is 0 Å². The second-order valence-corrected chi connectivity index (χ2v) is 4.20. The van der Waals surface area contributed by atoms with Crippen molar-refractivity contribution in [3.8, 4) is 0 Å². The fourth-order valence-corrected chi connectivity index (χ4v) is 2.19. The van der Waals surface area contributed by atoms with Crippen molar-refractivity contribution >= 4 is 5.97 Å². The highest BCUT2D eigenvalue weighted by Crippen LogP contribution is 2.18. The fourth-order valence-electron chi connectivity index (χ4n) is 2.19. The lowest BCUT2D eigenvalue weighted by Gasteiger charge is -2.25. The molecule has 2 unspecified atom stereocenters. The Hall–Kier alpha value is -0.610. The van der Waals surface area contributed by atoms with Gasteiger partial charge in [0.15, 0.2) is 0 Å². The zero-order valence-electron chi connectivity index (χ0n) is 10.6. The average Bonchev–Trinajstić information content (AvgIpc) is 2.74. The van der Waals surface area contributed by atoms with E-state index in [4.69, 9.17) is 9.47 Å². The van der Waals surface area contributed by atoms with Crippen molar-refractivity contribution in [3.63, 3.8) is 0 Å². The summed E-state index contributed by atoms with van der Waals surface area (Å²) in [5.74, 6) is -0.0823. The molecule has 1 rings (SSSR count). The smallest absolute Gasteiger partial charge is 0.323 e. The van der Waals surface area contributed by atoms with Crippen LogP contribution in [-0.4, -0.2) is 49.8 Å². The highest BCUT2D eigenvalue weighted by Gasteiger charge is 2.32. The Bertz CT molecular complexity index is 220. The zero-order valence-corrected chi connectivity index (χ0v) is 10.6. The third-order valence-electron chi connectivity index (χ3n) is 3.07. The molecule has 4 heteroatoms. The van der Waals surface area contributed by atoms with Crippen LogP contribution in [0, 0.1) is 0 Å². The van der Waals surface area contributed by atoms with E-state index in [-0.39, 0.29) is 18.1 Å². The summed E-state index contributed by atoms with van der Waals surface area (Å²) in [5, 5.41) is 0. The molecule has 16 heavy (non-hydrogen) atoms. The molecule has 0 bridgehead atoms. The van der Waals surface area contributed by atoms with Crippen molar-refractivity contribution in [2.75, 3.05) is 26.8 Å². The molecule has 1 fully saturated rings. The first-order chi connectivity index (χ1) is 7.72. The molecule has 0 amide bonds. The van der Waals surface area contributed by atoms with Crippen LogP contribution in [0.4, 0.5) is 0 Å². The Morgan fingerprint density at radius 1 is 1.50 bits per heavy atom. The number of likely N-dealkylation sites (tertiary alicyclic amines) is 1. The minimum absolute atomic E-state index is 0.0786. The van der Waals surface area contributed by atoms with Crippen LogP contribution in [0.2, 0.25) is 0 Å². The SMILES string of the molecule is CCCC(C(=O)OCC)N1CCC(OC)C1. The Morgan fingerprint density at radius 3 is 2.75 bits per heavy atom. The molecule has 0 spiro atoms. The number of esters is 1. The van der Waals surface area contributed by atoms with Gasteiger partial charge in [-0.2, -0.15) is 0 Å². The molecule has 0 aromatic heterocycles. The van der Waals surface area contributed by atoms with Crippen LogP contribution in [0.5, 0.6) is 0 Å². The van der Waals surface area contributed by atoms with Gasteiger partial charge in [0.1, 0.15) is 6.04 Å². The predicted molar refractivity (Wildman–Crippen MR) is 62.3 cm³/mol. The van der Waals surface area contributed by atoms with Gasteiger partial charge in [-0.25, -0.2) is 0 Å². The first-order valence-corrected chi connectivity index (χ1v) is 6.16. The number of nitrogens with zero attached hydrogens (tertiary/aromatic N) is 1. The maximum Gasteiger partial charge on any atom is 0.323 e. The quantitative estimate of drug-likeness (QED) is 0.646. The summed E-state index contributed by atoms with van der Waals surface area (Å²) in [6.45, 7) is 6.18. The molecule has 1 saturated heterocycles. The summed E-state index contributed by atoms with van der Waals surface area (Å²) in [7, 11) is 1.73. The summed E-state index contributed by atoms with van der Waals surface area (Å²) in [6.07, 6.45) is 3.15. The minimum Gasteiger partial charge on any atom is -0.465 e.